The van der Waals surface area contributed by atoms with Crippen molar-refractivity contribution in [3.63, 3.8) is 0 Å². The van der Waals surface area contributed by atoms with Crippen LogP contribution >= 0.6 is 0 Å². The Bertz CT molecular complexity index is 649. The molecule has 2 atom stereocenters. The van der Waals surface area contributed by atoms with Crippen molar-refractivity contribution in [1.82, 2.24) is 4.98 Å². The summed E-state index contributed by atoms with van der Waals surface area (Å²) in [6.45, 7) is 0. The molecule has 0 aliphatic carbocycles. The fourth-order valence-electron chi connectivity index (χ4n) is 1.46. The van der Waals surface area contributed by atoms with E-state index < -0.39 is 21.5 Å². The van der Waals surface area contributed by atoms with E-state index in [0.717, 1.165) is 0 Å². The van der Waals surface area contributed by atoms with Gasteiger partial charge in [-0.2, -0.15) is 0 Å². The van der Waals surface area contributed by atoms with E-state index in [1.165, 1.54) is 0 Å². The topological polar surface area (TPSA) is 121 Å². The Kier molecular flexibility index (Phi) is 5.25. The molecule has 0 fully saturated rings. The fraction of sp³-hybridized carbons (Fsp3) is 0.200. The maximum atomic E-state index is 10.8. The third kappa shape index (κ3) is 3.41. The summed E-state index contributed by atoms with van der Waals surface area (Å²) in [4.78, 5) is 14.7. The van der Waals surface area contributed by atoms with Crippen molar-refractivity contribution in [2.75, 3.05) is 0 Å². The van der Waals surface area contributed by atoms with Crippen LogP contribution in [0.2, 0.25) is 0 Å². The second kappa shape index (κ2) is 6.12. The standard InChI is InChI=1S/C10H9NO6S.Na/c12-5-6(10(13)18(14,15)16)9-11-7-3-1-2-4-8(7)17-9;/h1-6,10,13H,(H,14,15,16);/q;+1/p-1. The van der Waals surface area contributed by atoms with Crippen LogP contribution in [0, 0.1) is 0 Å². The molecule has 96 valence electrons. The number of hydrogen-bond donors (Lipinski definition) is 1. The number of hydrogen-bond acceptors (Lipinski definition) is 7. The number of aromatic nitrogens is 1. The number of aldehydes is 1. The summed E-state index contributed by atoms with van der Waals surface area (Å²) in [6, 6.07) is 6.48. The summed E-state index contributed by atoms with van der Waals surface area (Å²) >= 11 is 0. The molecule has 2 unspecified atom stereocenters. The van der Waals surface area contributed by atoms with Crippen LogP contribution in [0.1, 0.15) is 11.8 Å². The van der Waals surface area contributed by atoms with E-state index in [1.807, 2.05) is 0 Å². The third-order valence-corrected chi connectivity index (χ3v) is 3.23. The van der Waals surface area contributed by atoms with Gasteiger partial charge < -0.3 is 18.9 Å². The van der Waals surface area contributed by atoms with Crippen molar-refractivity contribution >= 4 is 27.5 Å². The van der Waals surface area contributed by atoms with Gasteiger partial charge in [-0.3, -0.25) is 0 Å². The molecule has 19 heavy (non-hydrogen) atoms. The van der Waals surface area contributed by atoms with Gasteiger partial charge in [-0.25, -0.2) is 13.4 Å². The quantitative estimate of drug-likeness (QED) is 0.362. The summed E-state index contributed by atoms with van der Waals surface area (Å²) in [5, 5.41) is 9.29. The van der Waals surface area contributed by atoms with E-state index in [1.54, 1.807) is 24.3 Å². The molecule has 0 aliphatic heterocycles. The van der Waals surface area contributed by atoms with Crippen LogP contribution in [0.15, 0.2) is 28.7 Å². The van der Waals surface area contributed by atoms with Gasteiger partial charge in [0.15, 0.2) is 11.0 Å². The van der Waals surface area contributed by atoms with Crippen LogP contribution in [0.3, 0.4) is 0 Å². The summed E-state index contributed by atoms with van der Waals surface area (Å²) in [6.07, 6.45) is 0.116. The van der Waals surface area contributed by atoms with Crippen LogP contribution in [-0.4, -0.2) is 34.8 Å². The van der Waals surface area contributed by atoms with Crippen molar-refractivity contribution in [2.45, 2.75) is 11.4 Å². The second-order valence-electron chi connectivity index (χ2n) is 3.57. The summed E-state index contributed by atoms with van der Waals surface area (Å²) in [5.74, 6) is -1.95. The number of aliphatic hydroxyl groups excluding tert-OH is 1. The molecule has 2 rings (SSSR count). The minimum atomic E-state index is -5.03. The molecule has 2 aromatic rings. The van der Waals surface area contributed by atoms with Crippen molar-refractivity contribution in [3.8, 4) is 0 Å². The van der Waals surface area contributed by atoms with Crippen molar-refractivity contribution in [1.29, 1.82) is 0 Å². The molecule has 0 spiro atoms. The van der Waals surface area contributed by atoms with Crippen LogP contribution in [0.5, 0.6) is 0 Å². The zero-order valence-corrected chi connectivity index (χ0v) is 12.7. The number of oxazole rings is 1. The number of nitrogens with zero attached hydrogens (tertiary/aromatic N) is 1. The molecular weight excluding hydrogens is 285 g/mol. The van der Waals surface area contributed by atoms with Gasteiger partial charge in [0.05, 0.1) is 0 Å². The molecule has 0 saturated carbocycles. The molecular formula is C10H8NNaO6S. The molecule has 0 radical (unpaired) electrons. The number of fused-ring (bicyclic) bond motifs is 1. The predicted octanol–water partition coefficient (Wildman–Crippen LogP) is -3.02. The SMILES string of the molecule is O=CC(c1nc2ccccc2o1)C(O)S(=O)(=O)[O-].[Na+]. The summed E-state index contributed by atoms with van der Waals surface area (Å²) in [5.41, 5.74) is -1.69. The van der Waals surface area contributed by atoms with Gasteiger partial charge in [-0.1, -0.05) is 12.1 Å². The molecule has 0 aliphatic rings. The first kappa shape index (κ1) is 16.3. The third-order valence-electron chi connectivity index (χ3n) is 2.35. The first-order chi connectivity index (χ1) is 8.43. The number of para-hydroxylation sites is 2. The monoisotopic (exact) mass is 293 g/mol. The molecule has 0 amide bonds. The van der Waals surface area contributed by atoms with Gasteiger partial charge in [0.1, 0.15) is 27.8 Å². The minimum Gasteiger partial charge on any atom is -0.746 e. The Morgan fingerprint density at radius 3 is 2.53 bits per heavy atom. The van der Waals surface area contributed by atoms with Gasteiger partial charge >= 0.3 is 29.6 Å². The Morgan fingerprint density at radius 2 is 2.00 bits per heavy atom. The molecule has 0 bridgehead atoms. The second-order valence-corrected chi connectivity index (χ2v) is 5.03. The van der Waals surface area contributed by atoms with E-state index in [2.05, 4.69) is 4.98 Å². The largest absolute Gasteiger partial charge is 1.00 e. The van der Waals surface area contributed by atoms with Gasteiger partial charge in [0, 0.05) is 0 Å². The Balaban J connectivity index is 0.00000180. The van der Waals surface area contributed by atoms with E-state index >= 15 is 0 Å². The van der Waals surface area contributed by atoms with Crippen molar-refractivity contribution in [3.05, 3.63) is 30.2 Å². The fourth-order valence-corrected chi connectivity index (χ4v) is 2.00. The van der Waals surface area contributed by atoms with Gasteiger partial charge in [0.25, 0.3) is 0 Å². The molecule has 1 aromatic carbocycles. The number of benzene rings is 1. The Hall–Kier alpha value is -0.770. The first-order valence-corrected chi connectivity index (χ1v) is 6.34. The number of carbonyl (C=O) groups is 1. The average Bonchev–Trinajstić information content (AvgIpc) is 2.71. The maximum Gasteiger partial charge on any atom is 1.00 e. The molecule has 7 nitrogen and oxygen atoms in total. The normalized spacial score (nSPS) is 14.6. The van der Waals surface area contributed by atoms with Gasteiger partial charge in [-0.05, 0) is 12.1 Å². The molecule has 1 N–H and O–H groups in total. The van der Waals surface area contributed by atoms with Crippen LogP contribution < -0.4 is 29.6 Å². The minimum absolute atomic E-state index is 0. The average molecular weight is 293 g/mol. The molecule has 9 heteroatoms. The number of carbonyl (C=O) groups excluding carboxylic acids is 1. The van der Waals surface area contributed by atoms with Gasteiger partial charge in [0.2, 0.25) is 5.89 Å². The van der Waals surface area contributed by atoms with E-state index in [-0.39, 0.29) is 41.7 Å². The number of rotatable bonds is 4. The van der Waals surface area contributed by atoms with Crippen molar-refractivity contribution in [2.24, 2.45) is 0 Å². The van der Waals surface area contributed by atoms with Crippen LogP contribution in [-0.2, 0) is 14.9 Å². The molecule has 0 saturated heterocycles. The Labute approximate surface area is 130 Å². The van der Waals surface area contributed by atoms with Crippen LogP contribution in [0.25, 0.3) is 11.1 Å². The Morgan fingerprint density at radius 1 is 1.37 bits per heavy atom. The summed E-state index contributed by atoms with van der Waals surface area (Å²) < 4.78 is 37.2. The zero-order valence-electron chi connectivity index (χ0n) is 9.89. The van der Waals surface area contributed by atoms with Crippen LogP contribution in [0.4, 0.5) is 0 Å². The number of aliphatic hydroxyl groups is 1. The van der Waals surface area contributed by atoms with Gasteiger partial charge in [-0.15, -0.1) is 0 Å². The first-order valence-electron chi connectivity index (χ1n) is 4.87. The molecule has 1 aromatic heterocycles. The predicted molar refractivity (Wildman–Crippen MR) is 58.5 cm³/mol. The van der Waals surface area contributed by atoms with E-state index in [0.29, 0.717) is 11.1 Å². The smallest absolute Gasteiger partial charge is 0.746 e. The maximum absolute atomic E-state index is 10.8. The zero-order chi connectivity index (χ0) is 13.3. The molecule has 1 heterocycles. The van der Waals surface area contributed by atoms with E-state index in [4.69, 9.17) is 4.42 Å². The summed E-state index contributed by atoms with van der Waals surface area (Å²) in [7, 11) is -5.03. The van der Waals surface area contributed by atoms with Crippen molar-refractivity contribution < 1.29 is 56.8 Å². The van der Waals surface area contributed by atoms with E-state index in [9.17, 15) is 22.9 Å².